The number of carbonyl (C=O) groups excluding carboxylic acids is 2. The van der Waals surface area contributed by atoms with Crippen LogP contribution in [-0.4, -0.2) is 16.7 Å². The van der Waals surface area contributed by atoms with Crippen molar-refractivity contribution in [1.82, 2.24) is 0 Å². The third-order valence-corrected chi connectivity index (χ3v) is 4.03. The Kier molecular flexibility index (Phi) is 4.93. The molecule has 0 bridgehead atoms. The first-order valence-corrected chi connectivity index (χ1v) is 8.02. The van der Waals surface area contributed by atoms with Gasteiger partial charge in [-0.2, -0.15) is 0 Å². The number of Topliss-reactive ketones (excluding diaryl/α,β-unsaturated/α-hetero) is 2. The SMILES string of the molecule is O=C1CCCC(=O)C1=C(O)c1cccc(OCc2ccc(F)cc2)c1. The average Bonchev–Trinajstić information content (AvgIpc) is 2.61. The van der Waals surface area contributed by atoms with E-state index in [-0.39, 0.29) is 48.2 Å². The summed E-state index contributed by atoms with van der Waals surface area (Å²) in [6, 6.07) is 12.5. The van der Waals surface area contributed by atoms with Crippen molar-refractivity contribution in [2.24, 2.45) is 0 Å². The van der Waals surface area contributed by atoms with E-state index in [1.54, 1.807) is 36.4 Å². The van der Waals surface area contributed by atoms with Crippen molar-refractivity contribution in [3.8, 4) is 5.75 Å². The molecule has 3 rings (SSSR count). The van der Waals surface area contributed by atoms with Gasteiger partial charge in [-0.15, -0.1) is 0 Å². The number of aliphatic hydroxyl groups is 1. The Labute approximate surface area is 144 Å². The summed E-state index contributed by atoms with van der Waals surface area (Å²) < 4.78 is 18.5. The maximum atomic E-state index is 12.9. The number of carbonyl (C=O) groups is 2. The van der Waals surface area contributed by atoms with Crippen molar-refractivity contribution >= 4 is 17.3 Å². The van der Waals surface area contributed by atoms with E-state index in [1.807, 2.05) is 0 Å². The van der Waals surface area contributed by atoms with Crippen LogP contribution in [0.2, 0.25) is 0 Å². The van der Waals surface area contributed by atoms with Gasteiger partial charge in [0.1, 0.15) is 29.5 Å². The quantitative estimate of drug-likeness (QED) is 0.519. The van der Waals surface area contributed by atoms with Crippen LogP contribution in [0, 0.1) is 5.82 Å². The molecule has 1 N–H and O–H groups in total. The third-order valence-electron chi connectivity index (χ3n) is 4.03. The van der Waals surface area contributed by atoms with Crippen molar-refractivity contribution in [3.05, 3.63) is 71.0 Å². The van der Waals surface area contributed by atoms with Crippen LogP contribution >= 0.6 is 0 Å². The zero-order chi connectivity index (χ0) is 17.8. The largest absolute Gasteiger partial charge is 0.506 e. The van der Waals surface area contributed by atoms with Crippen LogP contribution in [0.4, 0.5) is 4.39 Å². The summed E-state index contributed by atoms with van der Waals surface area (Å²) in [5.74, 6) is -0.798. The molecule has 25 heavy (non-hydrogen) atoms. The molecule has 0 aliphatic heterocycles. The second kappa shape index (κ2) is 7.30. The molecule has 0 unspecified atom stereocenters. The molecule has 1 saturated carbocycles. The molecular formula is C20H17FO4. The molecule has 1 fully saturated rings. The molecular weight excluding hydrogens is 323 g/mol. The molecule has 0 saturated heterocycles. The lowest BCUT2D eigenvalue weighted by molar-refractivity contribution is -0.123. The number of aliphatic hydroxyl groups excluding tert-OH is 1. The van der Waals surface area contributed by atoms with Gasteiger partial charge in [-0.25, -0.2) is 4.39 Å². The highest BCUT2D eigenvalue weighted by Crippen LogP contribution is 2.26. The smallest absolute Gasteiger partial charge is 0.170 e. The Morgan fingerprint density at radius 1 is 1.04 bits per heavy atom. The molecule has 4 nitrogen and oxygen atoms in total. The molecule has 0 aromatic heterocycles. The van der Waals surface area contributed by atoms with Gasteiger partial charge in [-0.3, -0.25) is 9.59 Å². The Morgan fingerprint density at radius 2 is 1.72 bits per heavy atom. The highest BCUT2D eigenvalue weighted by atomic mass is 19.1. The van der Waals surface area contributed by atoms with Crippen molar-refractivity contribution in [3.63, 3.8) is 0 Å². The molecule has 1 aliphatic rings. The van der Waals surface area contributed by atoms with Crippen molar-refractivity contribution in [2.75, 3.05) is 0 Å². The van der Waals surface area contributed by atoms with Crippen molar-refractivity contribution in [2.45, 2.75) is 25.9 Å². The Hall–Kier alpha value is -2.95. The predicted molar refractivity (Wildman–Crippen MR) is 90.6 cm³/mol. The molecule has 2 aromatic carbocycles. The standard InChI is InChI=1S/C20H17FO4/c21-15-9-7-13(8-10-15)12-25-16-4-1-3-14(11-16)20(24)19-17(22)5-2-6-18(19)23/h1,3-4,7-11,24H,2,5-6,12H2. The van der Waals surface area contributed by atoms with E-state index >= 15 is 0 Å². The summed E-state index contributed by atoms with van der Waals surface area (Å²) in [4.78, 5) is 23.9. The second-order valence-corrected chi connectivity index (χ2v) is 5.87. The van der Waals surface area contributed by atoms with Crippen LogP contribution in [0.5, 0.6) is 5.75 Å². The van der Waals surface area contributed by atoms with Crippen LogP contribution < -0.4 is 4.74 Å². The van der Waals surface area contributed by atoms with E-state index in [4.69, 9.17) is 4.74 Å². The molecule has 0 radical (unpaired) electrons. The number of hydrogen-bond donors (Lipinski definition) is 1. The maximum absolute atomic E-state index is 12.9. The fourth-order valence-corrected chi connectivity index (χ4v) is 2.70. The lowest BCUT2D eigenvalue weighted by Gasteiger charge is -2.14. The number of allylic oxidation sites excluding steroid dienone is 1. The van der Waals surface area contributed by atoms with Gasteiger partial charge in [0, 0.05) is 18.4 Å². The number of hydrogen-bond acceptors (Lipinski definition) is 4. The third kappa shape index (κ3) is 3.94. The second-order valence-electron chi connectivity index (χ2n) is 5.87. The summed E-state index contributed by atoms with van der Waals surface area (Å²) in [5, 5.41) is 10.4. The number of ketones is 2. The minimum atomic E-state index is -0.327. The van der Waals surface area contributed by atoms with Crippen LogP contribution in [-0.2, 0) is 16.2 Å². The van der Waals surface area contributed by atoms with Crippen LogP contribution in [0.3, 0.4) is 0 Å². The van der Waals surface area contributed by atoms with Crippen LogP contribution in [0.1, 0.15) is 30.4 Å². The van der Waals surface area contributed by atoms with E-state index in [0.717, 1.165) is 5.56 Å². The van der Waals surface area contributed by atoms with Gasteiger partial charge in [0.25, 0.3) is 0 Å². The summed E-state index contributed by atoms with van der Waals surface area (Å²) in [5.41, 5.74) is 1.03. The summed E-state index contributed by atoms with van der Waals surface area (Å²) in [7, 11) is 0. The van der Waals surface area contributed by atoms with Crippen LogP contribution in [0.25, 0.3) is 5.76 Å². The number of ether oxygens (including phenoxy) is 1. The zero-order valence-electron chi connectivity index (χ0n) is 13.5. The normalized spacial score (nSPS) is 14.5. The zero-order valence-corrected chi connectivity index (χ0v) is 13.5. The van der Waals surface area contributed by atoms with E-state index in [0.29, 0.717) is 17.7 Å². The molecule has 1 aliphatic carbocycles. The van der Waals surface area contributed by atoms with Gasteiger partial charge in [-0.1, -0.05) is 24.3 Å². The lowest BCUT2D eigenvalue weighted by Crippen LogP contribution is -2.20. The molecule has 5 heteroatoms. The molecule has 0 heterocycles. The van der Waals surface area contributed by atoms with Gasteiger partial charge in [-0.05, 0) is 36.2 Å². The van der Waals surface area contributed by atoms with Gasteiger partial charge >= 0.3 is 0 Å². The summed E-state index contributed by atoms with van der Waals surface area (Å²) >= 11 is 0. The van der Waals surface area contributed by atoms with Crippen molar-refractivity contribution in [1.29, 1.82) is 0 Å². The first kappa shape index (κ1) is 16.9. The molecule has 0 spiro atoms. The minimum Gasteiger partial charge on any atom is -0.506 e. The lowest BCUT2D eigenvalue weighted by atomic mass is 9.90. The Morgan fingerprint density at radius 3 is 2.40 bits per heavy atom. The first-order chi connectivity index (χ1) is 12.0. The fourth-order valence-electron chi connectivity index (χ4n) is 2.70. The van der Waals surface area contributed by atoms with E-state index in [1.165, 1.54) is 12.1 Å². The van der Waals surface area contributed by atoms with E-state index < -0.39 is 0 Å². The topological polar surface area (TPSA) is 63.6 Å². The minimum absolute atomic E-state index is 0.123. The van der Waals surface area contributed by atoms with Crippen LogP contribution in [0.15, 0.2) is 54.1 Å². The highest BCUT2D eigenvalue weighted by Gasteiger charge is 2.27. The summed E-state index contributed by atoms with van der Waals surface area (Å²) in [6.07, 6.45) is 1.06. The molecule has 2 aromatic rings. The van der Waals surface area contributed by atoms with Crippen molar-refractivity contribution < 1.29 is 23.8 Å². The Balaban J connectivity index is 1.80. The number of halogens is 1. The fraction of sp³-hybridized carbons (Fsp3) is 0.200. The maximum Gasteiger partial charge on any atom is 0.170 e. The van der Waals surface area contributed by atoms with Gasteiger partial charge in [0.05, 0.1) is 0 Å². The highest BCUT2D eigenvalue weighted by molar-refractivity contribution is 6.25. The number of benzene rings is 2. The first-order valence-electron chi connectivity index (χ1n) is 8.02. The molecule has 0 atom stereocenters. The van der Waals surface area contributed by atoms with Gasteiger partial charge in [0.2, 0.25) is 0 Å². The Bertz CT molecular complexity index is 819. The number of rotatable bonds is 4. The van der Waals surface area contributed by atoms with Gasteiger partial charge in [0.15, 0.2) is 11.6 Å². The predicted octanol–water partition coefficient (Wildman–Crippen LogP) is 4.00. The average molecular weight is 340 g/mol. The van der Waals surface area contributed by atoms with E-state index in [2.05, 4.69) is 0 Å². The molecule has 128 valence electrons. The van der Waals surface area contributed by atoms with E-state index in [9.17, 15) is 19.1 Å². The molecule has 0 amide bonds. The van der Waals surface area contributed by atoms with Gasteiger partial charge < -0.3 is 9.84 Å². The monoisotopic (exact) mass is 340 g/mol. The summed E-state index contributed by atoms with van der Waals surface area (Å²) in [6.45, 7) is 0.235.